The van der Waals surface area contributed by atoms with E-state index in [2.05, 4.69) is 41.9 Å². The van der Waals surface area contributed by atoms with Gasteiger partial charge in [0.15, 0.2) is 11.9 Å². The molecule has 2 rings (SSSR count). The standard InChI is InChI=1S/C48H78N14O8/c1-5-29(4)39(46(70)57-34(40(50)64)17-11-12-24-49)62-43(67)36(19-14-26-56-48(53)54)59-44(68)38(28-31-20-22-33(63)23-21-31)61-45(69)37(27-30-15-9-8-10-16-30)60-42(66)35(18-13-25-55-47(51)52)58-41(65)32(6-2)7-3/h8-10,15-16,20-23,29,32,34-39,63H,5-7,11-14,17-19,24-28,49H2,1-4H3,(H2,50,64)(H,57,70)(H,58,65)(H,59,68)(H,60,66)(H,61,69)(H,62,67)(H4,51,52,55)(H4,53,54,56)/t29-,34-,35-,36-,37-,38-,39-/m0/s1. The van der Waals surface area contributed by atoms with Crippen LogP contribution >= 0.6 is 0 Å². The highest BCUT2D eigenvalue weighted by atomic mass is 16.3. The molecule has 19 N–H and O–H groups in total. The molecule has 7 atom stereocenters. The van der Waals surface area contributed by atoms with Gasteiger partial charge in [0.1, 0.15) is 42.0 Å². The van der Waals surface area contributed by atoms with Crippen LogP contribution in [0.1, 0.15) is 103 Å². The van der Waals surface area contributed by atoms with Crippen LogP contribution in [0.2, 0.25) is 0 Å². The molecule has 0 radical (unpaired) electrons. The number of aromatic hydroxyl groups is 1. The van der Waals surface area contributed by atoms with Gasteiger partial charge < -0.3 is 71.4 Å². The average Bonchev–Trinajstić information content (AvgIpc) is 3.32. The van der Waals surface area contributed by atoms with Gasteiger partial charge in [-0.3, -0.25) is 43.5 Å². The first-order chi connectivity index (χ1) is 33.3. The molecule has 0 aromatic heterocycles. The molecule has 2 aromatic carbocycles. The van der Waals surface area contributed by atoms with Crippen LogP contribution in [0, 0.1) is 11.8 Å². The molecule has 70 heavy (non-hydrogen) atoms. The molecule has 7 amide bonds. The van der Waals surface area contributed by atoms with Gasteiger partial charge in [-0.05, 0) is 93.5 Å². The Bertz CT molecular complexity index is 2030. The number of amides is 7. The van der Waals surface area contributed by atoms with Gasteiger partial charge in [0.25, 0.3) is 0 Å². The molecule has 22 heteroatoms. The number of nitrogens with zero attached hydrogens (tertiary/aromatic N) is 2. The molecule has 22 nitrogen and oxygen atoms in total. The normalized spacial score (nSPS) is 14.0. The number of carbonyl (C=O) groups excluding carboxylic acids is 7. The molecule has 0 fully saturated rings. The smallest absolute Gasteiger partial charge is 0.243 e. The average molecular weight is 979 g/mol. The highest BCUT2D eigenvalue weighted by molar-refractivity contribution is 5.97. The summed E-state index contributed by atoms with van der Waals surface area (Å²) in [5.74, 6) is -5.87. The number of aliphatic imine (C=N–C) groups is 2. The lowest BCUT2D eigenvalue weighted by molar-refractivity contribution is -0.136. The summed E-state index contributed by atoms with van der Waals surface area (Å²) in [6, 6.07) is 7.56. The van der Waals surface area contributed by atoms with E-state index in [9.17, 15) is 38.7 Å². The highest BCUT2D eigenvalue weighted by Gasteiger charge is 2.35. The van der Waals surface area contributed by atoms with Gasteiger partial charge >= 0.3 is 0 Å². The number of unbranched alkanes of at least 4 members (excludes halogenated alkanes) is 1. The predicted octanol–water partition coefficient (Wildman–Crippen LogP) is -0.710. The van der Waals surface area contributed by atoms with Crippen molar-refractivity contribution in [1.82, 2.24) is 31.9 Å². The largest absolute Gasteiger partial charge is 0.508 e. The number of phenolic OH excluding ortho intramolecular Hbond substituents is 1. The number of nitrogens with one attached hydrogen (secondary N) is 6. The Morgan fingerprint density at radius 1 is 0.514 bits per heavy atom. The molecule has 0 aliphatic rings. The molecule has 0 spiro atoms. The Balaban J connectivity index is 2.59. The quantitative estimate of drug-likeness (QED) is 0.0239. The predicted molar refractivity (Wildman–Crippen MR) is 269 cm³/mol. The summed E-state index contributed by atoms with van der Waals surface area (Å²) < 4.78 is 0. The molecule has 0 unspecified atom stereocenters. The molecule has 0 heterocycles. The number of phenols is 1. The number of guanidine groups is 2. The second-order valence-electron chi connectivity index (χ2n) is 17.3. The fourth-order valence-electron chi connectivity index (χ4n) is 7.44. The molecule has 0 aliphatic carbocycles. The maximum absolute atomic E-state index is 14.6. The summed E-state index contributed by atoms with van der Waals surface area (Å²) in [7, 11) is 0. The first kappa shape index (κ1) is 59.2. The minimum atomic E-state index is -1.39. The molecule has 2 aromatic rings. The summed E-state index contributed by atoms with van der Waals surface area (Å²) in [6.07, 6.45) is 3.34. The number of carbonyl (C=O) groups is 7. The SMILES string of the molecule is CCC(CC)C(=O)N[C@@H](CCCN=C(N)N)C(=O)N[C@@H](Cc1ccccc1)C(=O)N[C@@H](Cc1ccc(O)cc1)C(=O)N[C@@H](CCCN=C(N)N)C(=O)N[C@H](C(=O)N[C@@H](CCCCN)C(N)=O)[C@@H](C)CC. The van der Waals surface area contributed by atoms with E-state index in [1.54, 1.807) is 49.4 Å². The molecule has 0 aliphatic heterocycles. The summed E-state index contributed by atoms with van der Waals surface area (Å²) >= 11 is 0. The first-order valence-corrected chi connectivity index (χ1v) is 24.1. The van der Waals surface area contributed by atoms with Crippen LogP contribution in [0.5, 0.6) is 5.75 Å². The second kappa shape index (κ2) is 32.0. The Morgan fingerprint density at radius 2 is 0.943 bits per heavy atom. The van der Waals surface area contributed by atoms with Crippen molar-refractivity contribution in [2.75, 3.05) is 19.6 Å². The zero-order valence-electron chi connectivity index (χ0n) is 41.1. The van der Waals surface area contributed by atoms with Crippen LogP contribution < -0.4 is 66.3 Å². The minimum Gasteiger partial charge on any atom is -0.508 e. The van der Waals surface area contributed by atoms with E-state index >= 15 is 0 Å². The Labute approximate surface area is 411 Å². The molecule has 0 saturated heterocycles. The molecule has 388 valence electrons. The van der Waals surface area contributed by atoms with E-state index in [1.807, 2.05) is 20.8 Å². The van der Waals surface area contributed by atoms with Gasteiger partial charge in [-0.2, -0.15) is 0 Å². The second-order valence-corrected chi connectivity index (χ2v) is 17.3. The van der Waals surface area contributed by atoms with E-state index in [1.165, 1.54) is 12.1 Å². The van der Waals surface area contributed by atoms with Crippen LogP contribution in [0.3, 0.4) is 0 Å². The third-order valence-corrected chi connectivity index (χ3v) is 11.8. The van der Waals surface area contributed by atoms with Crippen LogP contribution in [0.25, 0.3) is 0 Å². The van der Waals surface area contributed by atoms with Crippen LogP contribution in [0.4, 0.5) is 0 Å². The fraction of sp³-hybridized carbons (Fsp3) is 0.562. The van der Waals surface area contributed by atoms with Crippen molar-refractivity contribution in [2.45, 2.75) is 141 Å². The summed E-state index contributed by atoms with van der Waals surface area (Å²) in [6.45, 7) is 7.95. The number of rotatable bonds is 33. The third-order valence-electron chi connectivity index (χ3n) is 11.8. The first-order valence-electron chi connectivity index (χ1n) is 24.1. The summed E-state index contributed by atoms with van der Waals surface area (Å²) in [5.41, 5.74) is 34.5. The lowest BCUT2D eigenvalue weighted by Crippen LogP contribution is -2.61. The van der Waals surface area contributed by atoms with Gasteiger partial charge in [-0.1, -0.05) is 76.6 Å². The highest BCUT2D eigenvalue weighted by Crippen LogP contribution is 2.15. The van der Waals surface area contributed by atoms with Crippen molar-refractivity contribution < 1.29 is 38.7 Å². The minimum absolute atomic E-state index is 0.0218. The van der Waals surface area contributed by atoms with Crippen molar-refractivity contribution in [2.24, 2.45) is 56.2 Å². The zero-order valence-corrected chi connectivity index (χ0v) is 41.1. The van der Waals surface area contributed by atoms with Crippen LogP contribution in [-0.2, 0) is 46.4 Å². The molecular weight excluding hydrogens is 901 g/mol. The number of benzene rings is 2. The van der Waals surface area contributed by atoms with Crippen molar-refractivity contribution in [3.05, 3.63) is 65.7 Å². The number of hydrogen-bond donors (Lipinski definition) is 13. The lowest BCUT2D eigenvalue weighted by Gasteiger charge is -2.29. The molecular formula is C48H78N14O8. The van der Waals surface area contributed by atoms with Gasteiger partial charge in [0.05, 0.1) is 0 Å². The van der Waals surface area contributed by atoms with Crippen LogP contribution in [0.15, 0.2) is 64.6 Å². The van der Waals surface area contributed by atoms with E-state index in [0.29, 0.717) is 56.2 Å². The zero-order chi connectivity index (χ0) is 52.2. The third kappa shape index (κ3) is 22.0. The summed E-state index contributed by atoms with van der Waals surface area (Å²) in [5, 5.41) is 26.7. The van der Waals surface area contributed by atoms with E-state index < -0.39 is 77.6 Å². The van der Waals surface area contributed by atoms with E-state index in [4.69, 9.17) is 34.4 Å². The van der Waals surface area contributed by atoms with Gasteiger partial charge in [0.2, 0.25) is 41.4 Å². The van der Waals surface area contributed by atoms with E-state index in [-0.39, 0.29) is 81.1 Å². The maximum atomic E-state index is 14.6. The molecule has 0 saturated carbocycles. The molecule has 0 bridgehead atoms. The maximum Gasteiger partial charge on any atom is 0.243 e. The van der Waals surface area contributed by atoms with Crippen molar-refractivity contribution in [1.29, 1.82) is 0 Å². The van der Waals surface area contributed by atoms with Crippen molar-refractivity contribution >= 4 is 53.3 Å². The number of nitrogens with two attached hydrogens (primary N) is 6. The lowest BCUT2D eigenvalue weighted by atomic mass is 9.96. The topological polar surface area (TPSA) is 393 Å². The fourth-order valence-corrected chi connectivity index (χ4v) is 7.44. The number of primary amides is 1. The van der Waals surface area contributed by atoms with Crippen LogP contribution in [-0.4, -0.2) is 114 Å². The summed E-state index contributed by atoms with van der Waals surface area (Å²) in [4.78, 5) is 105. The Morgan fingerprint density at radius 3 is 1.40 bits per heavy atom. The van der Waals surface area contributed by atoms with Gasteiger partial charge in [0, 0.05) is 31.8 Å². The van der Waals surface area contributed by atoms with Crippen molar-refractivity contribution in [3.63, 3.8) is 0 Å². The Kier molecular flexibility index (Phi) is 27.0. The van der Waals surface area contributed by atoms with Gasteiger partial charge in [-0.25, -0.2) is 0 Å². The number of hydrogen-bond acceptors (Lipinski definition) is 11. The van der Waals surface area contributed by atoms with Crippen molar-refractivity contribution in [3.8, 4) is 5.75 Å². The monoisotopic (exact) mass is 979 g/mol. The van der Waals surface area contributed by atoms with E-state index in [0.717, 1.165) is 0 Å². The van der Waals surface area contributed by atoms with Gasteiger partial charge in [-0.15, -0.1) is 0 Å². The Hall–Kier alpha value is -6.97.